The number of carboxylic acid groups (broad SMARTS) is 1. The zero-order valence-corrected chi connectivity index (χ0v) is 21.2. The van der Waals surface area contributed by atoms with Crippen LogP contribution in [0.25, 0.3) is 0 Å². The predicted octanol–water partition coefficient (Wildman–Crippen LogP) is 3.17. The van der Waals surface area contributed by atoms with Crippen molar-refractivity contribution in [3.63, 3.8) is 0 Å². The van der Waals surface area contributed by atoms with Gasteiger partial charge in [-0.15, -0.1) is 11.3 Å². The first kappa shape index (κ1) is 26.9. The summed E-state index contributed by atoms with van der Waals surface area (Å²) >= 11 is 7.06. The standard InChI is InChI=1S/C24H26ClN5O5S/c1-13-19(14(2)29-24(28-13)26-9-4-6-15-5-3-7-16(31)11-15)21(32)30-18(23(34)35)12-27-22(33)20-17(25)8-10-36-20/h3,5,7-8,10-11,18,31H,4,6,9,12H2,1-2H3,(H,27,33)(H,30,32)(H,34,35)(H,26,28,29). The topological polar surface area (TPSA) is 154 Å². The summed E-state index contributed by atoms with van der Waals surface area (Å²) in [4.78, 5) is 45.7. The lowest BCUT2D eigenvalue weighted by molar-refractivity contribution is -0.139. The molecule has 3 aromatic rings. The van der Waals surface area contributed by atoms with E-state index in [1.165, 1.54) is 0 Å². The van der Waals surface area contributed by atoms with E-state index in [1.54, 1.807) is 43.5 Å². The zero-order chi connectivity index (χ0) is 26.2. The van der Waals surface area contributed by atoms with Gasteiger partial charge in [-0.3, -0.25) is 9.59 Å². The molecule has 0 aliphatic heterocycles. The molecule has 1 aromatic carbocycles. The van der Waals surface area contributed by atoms with Crippen LogP contribution in [0.3, 0.4) is 0 Å². The van der Waals surface area contributed by atoms with Gasteiger partial charge in [0, 0.05) is 13.1 Å². The second kappa shape index (κ2) is 12.3. The van der Waals surface area contributed by atoms with Gasteiger partial charge in [0.25, 0.3) is 11.8 Å². The highest BCUT2D eigenvalue weighted by molar-refractivity contribution is 7.12. The molecule has 190 valence electrons. The van der Waals surface area contributed by atoms with E-state index >= 15 is 0 Å². The summed E-state index contributed by atoms with van der Waals surface area (Å²) in [6, 6.07) is 7.26. The summed E-state index contributed by atoms with van der Waals surface area (Å²) in [5, 5.41) is 29.0. The van der Waals surface area contributed by atoms with Crippen molar-refractivity contribution in [3.05, 3.63) is 68.1 Å². The van der Waals surface area contributed by atoms with Crippen LogP contribution in [0.4, 0.5) is 5.95 Å². The fourth-order valence-corrected chi connectivity index (χ4v) is 4.55. The van der Waals surface area contributed by atoms with Crippen molar-refractivity contribution in [1.82, 2.24) is 20.6 Å². The van der Waals surface area contributed by atoms with Crippen LogP contribution in [-0.4, -0.2) is 57.1 Å². The predicted molar refractivity (Wildman–Crippen MR) is 137 cm³/mol. The number of aromatic nitrogens is 2. The minimum absolute atomic E-state index is 0.166. The van der Waals surface area contributed by atoms with E-state index in [0.717, 1.165) is 29.7 Å². The number of anilines is 1. The third kappa shape index (κ3) is 7.15. The van der Waals surface area contributed by atoms with Gasteiger partial charge in [0.2, 0.25) is 5.95 Å². The summed E-state index contributed by atoms with van der Waals surface area (Å²) in [7, 11) is 0. The third-order valence-electron chi connectivity index (χ3n) is 5.23. The number of carboxylic acids is 1. The number of nitrogens with one attached hydrogen (secondary N) is 3. The van der Waals surface area contributed by atoms with E-state index in [9.17, 15) is 24.6 Å². The van der Waals surface area contributed by atoms with Gasteiger partial charge >= 0.3 is 5.97 Å². The highest BCUT2D eigenvalue weighted by Gasteiger charge is 2.25. The van der Waals surface area contributed by atoms with Crippen LogP contribution in [0.1, 0.15) is 43.4 Å². The Labute approximate surface area is 216 Å². The van der Waals surface area contributed by atoms with Crippen LogP contribution in [0.2, 0.25) is 5.02 Å². The maximum absolute atomic E-state index is 12.9. The van der Waals surface area contributed by atoms with Gasteiger partial charge in [-0.1, -0.05) is 23.7 Å². The number of hydrogen-bond acceptors (Lipinski definition) is 8. The Morgan fingerprint density at radius 3 is 2.44 bits per heavy atom. The normalized spacial score (nSPS) is 11.5. The molecule has 36 heavy (non-hydrogen) atoms. The van der Waals surface area contributed by atoms with Crippen molar-refractivity contribution in [1.29, 1.82) is 0 Å². The van der Waals surface area contributed by atoms with E-state index in [1.807, 2.05) is 6.07 Å². The minimum Gasteiger partial charge on any atom is -0.508 e. The van der Waals surface area contributed by atoms with Gasteiger partial charge < -0.3 is 26.2 Å². The number of carbonyl (C=O) groups is 3. The summed E-state index contributed by atoms with van der Waals surface area (Å²) in [5.41, 5.74) is 1.95. The quantitative estimate of drug-likeness (QED) is 0.236. The van der Waals surface area contributed by atoms with E-state index in [-0.39, 0.29) is 27.8 Å². The zero-order valence-electron chi connectivity index (χ0n) is 19.7. The largest absolute Gasteiger partial charge is 0.508 e. The van der Waals surface area contributed by atoms with Gasteiger partial charge in [-0.05, 0) is 55.8 Å². The van der Waals surface area contributed by atoms with Crippen molar-refractivity contribution in [2.75, 3.05) is 18.4 Å². The molecule has 0 radical (unpaired) electrons. The summed E-state index contributed by atoms with van der Waals surface area (Å²) in [6.45, 7) is 3.52. The number of halogens is 1. The van der Waals surface area contributed by atoms with Crippen LogP contribution >= 0.6 is 22.9 Å². The Morgan fingerprint density at radius 2 is 1.83 bits per heavy atom. The Balaban J connectivity index is 1.57. The molecule has 5 N–H and O–H groups in total. The van der Waals surface area contributed by atoms with Crippen LogP contribution < -0.4 is 16.0 Å². The summed E-state index contributed by atoms with van der Waals surface area (Å²) < 4.78 is 0. The average molecular weight is 532 g/mol. The lowest BCUT2D eigenvalue weighted by Gasteiger charge is -2.17. The molecular weight excluding hydrogens is 506 g/mol. The fourth-order valence-electron chi connectivity index (χ4n) is 3.49. The van der Waals surface area contributed by atoms with Crippen molar-refractivity contribution in [2.45, 2.75) is 32.7 Å². The molecule has 1 unspecified atom stereocenters. The summed E-state index contributed by atoms with van der Waals surface area (Å²) in [6.07, 6.45) is 1.53. The molecule has 1 atom stereocenters. The van der Waals surface area contributed by atoms with E-state index < -0.39 is 23.8 Å². The van der Waals surface area contributed by atoms with Crippen molar-refractivity contribution < 1.29 is 24.6 Å². The van der Waals surface area contributed by atoms with Crippen LogP contribution in [0, 0.1) is 13.8 Å². The van der Waals surface area contributed by atoms with Gasteiger partial charge in [-0.25, -0.2) is 14.8 Å². The smallest absolute Gasteiger partial charge is 0.328 e. The molecule has 0 saturated heterocycles. The number of amides is 2. The number of nitrogens with zero attached hydrogens (tertiary/aromatic N) is 2. The molecule has 0 saturated carbocycles. The van der Waals surface area contributed by atoms with Gasteiger partial charge in [-0.2, -0.15) is 0 Å². The van der Waals surface area contributed by atoms with E-state index in [0.29, 0.717) is 23.9 Å². The average Bonchev–Trinajstić information content (AvgIpc) is 3.24. The first-order chi connectivity index (χ1) is 17.2. The number of phenolic OH excluding ortho intramolecular Hbond substituents is 1. The molecule has 12 heteroatoms. The molecule has 10 nitrogen and oxygen atoms in total. The third-order valence-corrected chi connectivity index (χ3v) is 6.57. The van der Waals surface area contributed by atoms with E-state index in [2.05, 4.69) is 25.9 Å². The van der Waals surface area contributed by atoms with Crippen molar-refractivity contribution in [2.24, 2.45) is 0 Å². The second-order valence-corrected chi connectivity index (χ2v) is 9.29. The van der Waals surface area contributed by atoms with Crippen LogP contribution in [0.15, 0.2) is 35.7 Å². The molecule has 2 heterocycles. The highest BCUT2D eigenvalue weighted by Crippen LogP contribution is 2.21. The second-order valence-electron chi connectivity index (χ2n) is 7.97. The SMILES string of the molecule is Cc1nc(NCCCc2cccc(O)c2)nc(C)c1C(=O)NC(CNC(=O)c1sccc1Cl)C(=O)O. The molecule has 0 spiro atoms. The maximum Gasteiger partial charge on any atom is 0.328 e. The van der Waals surface area contributed by atoms with Crippen molar-refractivity contribution >= 4 is 46.7 Å². The Hall–Kier alpha value is -3.70. The Morgan fingerprint density at radius 1 is 1.11 bits per heavy atom. The number of phenols is 1. The Bertz CT molecular complexity index is 1240. The molecule has 2 aromatic heterocycles. The number of aromatic hydroxyl groups is 1. The first-order valence-electron chi connectivity index (χ1n) is 11.1. The van der Waals surface area contributed by atoms with E-state index in [4.69, 9.17) is 11.6 Å². The number of rotatable bonds is 11. The van der Waals surface area contributed by atoms with Crippen molar-refractivity contribution in [3.8, 4) is 5.75 Å². The summed E-state index contributed by atoms with van der Waals surface area (Å²) in [5.74, 6) is -1.90. The number of aryl methyl sites for hydroxylation is 3. The number of carbonyl (C=O) groups excluding carboxylic acids is 2. The minimum atomic E-state index is -1.37. The molecule has 0 fully saturated rings. The maximum atomic E-state index is 12.9. The Kier molecular flexibility index (Phi) is 9.20. The lowest BCUT2D eigenvalue weighted by Crippen LogP contribution is -2.48. The van der Waals surface area contributed by atoms with Gasteiger partial charge in [0.1, 0.15) is 16.7 Å². The van der Waals surface area contributed by atoms with Crippen LogP contribution in [0.5, 0.6) is 5.75 Å². The number of hydrogen-bond donors (Lipinski definition) is 5. The lowest BCUT2D eigenvalue weighted by atomic mass is 10.1. The molecule has 0 aliphatic carbocycles. The first-order valence-corrected chi connectivity index (χ1v) is 12.3. The number of aliphatic carboxylic acids is 1. The number of benzene rings is 1. The molecule has 2 amide bonds. The molecule has 0 bridgehead atoms. The monoisotopic (exact) mass is 531 g/mol. The molecular formula is C24H26ClN5O5S. The van der Waals surface area contributed by atoms with Gasteiger partial charge in [0.05, 0.1) is 22.0 Å². The molecule has 0 aliphatic rings. The van der Waals surface area contributed by atoms with Gasteiger partial charge in [0.15, 0.2) is 0 Å². The highest BCUT2D eigenvalue weighted by atomic mass is 35.5. The fraction of sp³-hybridized carbons (Fsp3) is 0.292. The number of thiophene rings is 1. The van der Waals surface area contributed by atoms with Crippen LogP contribution in [-0.2, 0) is 11.2 Å². The molecule has 3 rings (SSSR count).